The van der Waals surface area contributed by atoms with Crippen LogP contribution in [0.25, 0.3) is 0 Å². The average Bonchev–Trinajstić information content (AvgIpc) is 3.00. The molecule has 0 bridgehead atoms. The number of hydrogen-bond acceptors (Lipinski definition) is 5. The molecule has 0 spiro atoms. The highest BCUT2D eigenvalue weighted by atomic mass is 16.5. The summed E-state index contributed by atoms with van der Waals surface area (Å²) in [6.07, 6.45) is 1.35. The van der Waals surface area contributed by atoms with E-state index in [-0.39, 0.29) is 16.8 Å². The van der Waals surface area contributed by atoms with Crippen LogP contribution in [0.4, 0.5) is 5.69 Å². The number of aromatic nitrogens is 2. The van der Waals surface area contributed by atoms with Crippen LogP contribution in [-0.4, -0.2) is 36.3 Å². The Kier molecular flexibility index (Phi) is 4.92. The van der Waals surface area contributed by atoms with E-state index in [0.29, 0.717) is 11.3 Å². The molecule has 1 aromatic heterocycles. The van der Waals surface area contributed by atoms with Crippen LogP contribution < -0.4 is 10.1 Å². The van der Waals surface area contributed by atoms with Crippen molar-refractivity contribution in [2.75, 3.05) is 19.5 Å². The molecule has 0 aliphatic heterocycles. The first-order chi connectivity index (χ1) is 11.3. The highest BCUT2D eigenvalue weighted by Gasteiger charge is 2.22. The van der Waals surface area contributed by atoms with Crippen molar-refractivity contribution < 1.29 is 19.1 Å². The van der Waals surface area contributed by atoms with Crippen LogP contribution in [0.3, 0.4) is 0 Å². The third kappa shape index (κ3) is 3.56. The number of amides is 1. The van der Waals surface area contributed by atoms with Crippen LogP contribution in [0.1, 0.15) is 47.2 Å². The molecule has 1 amide bonds. The highest BCUT2D eigenvalue weighted by Crippen LogP contribution is 2.28. The van der Waals surface area contributed by atoms with E-state index >= 15 is 0 Å². The fourth-order valence-electron chi connectivity index (χ4n) is 2.18. The number of anilines is 1. The first-order valence-electron chi connectivity index (χ1n) is 7.39. The van der Waals surface area contributed by atoms with Crippen molar-refractivity contribution in [1.29, 1.82) is 0 Å². The standard InChI is InChI=1S/C17H21N3O4/c1-17(2,3)10-6-7-13(23-4)11(8-10)15(21)19-12-9-18-20-14(12)16(22)24-5/h6-9H,1-5H3,(H,18,20)(H,19,21). The van der Waals surface area contributed by atoms with Crippen molar-refractivity contribution in [3.05, 3.63) is 41.2 Å². The van der Waals surface area contributed by atoms with Crippen molar-refractivity contribution in [1.82, 2.24) is 10.2 Å². The van der Waals surface area contributed by atoms with E-state index < -0.39 is 11.9 Å². The second-order valence-corrected chi connectivity index (χ2v) is 6.27. The molecule has 7 heteroatoms. The van der Waals surface area contributed by atoms with Gasteiger partial charge in [-0.2, -0.15) is 5.10 Å². The van der Waals surface area contributed by atoms with Crippen LogP contribution in [-0.2, 0) is 10.2 Å². The van der Waals surface area contributed by atoms with Gasteiger partial charge in [-0.1, -0.05) is 26.8 Å². The molecule has 2 N–H and O–H groups in total. The van der Waals surface area contributed by atoms with Gasteiger partial charge >= 0.3 is 5.97 Å². The Bertz CT molecular complexity index is 759. The Balaban J connectivity index is 2.36. The summed E-state index contributed by atoms with van der Waals surface area (Å²) in [5.41, 5.74) is 1.58. The SMILES string of the molecule is COC(=O)c1[nH]ncc1NC(=O)c1cc(C(C)(C)C)ccc1OC. The quantitative estimate of drug-likeness (QED) is 0.840. The van der Waals surface area contributed by atoms with Crippen LogP contribution in [0.5, 0.6) is 5.75 Å². The Morgan fingerprint density at radius 2 is 1.92 bits per heavy atom. The zero-order valence-corrected chi connectivity index (χ0v) is 14.4. The topological polar surface area (TPSA) is 93.3 Å². The number of benzene rings is 1. The second kappa shape index (κ2) is 6.74. The van der Waals surface area contributed by atoms with Gasteiger partial charge in [0.15, 0.2) is 5.69 Å². The van der Waals surface area contributed by atoms with Gasteiger partial charge in [0.05, 0.1) is 31.7 Å². The van der Waals surface area contributed by atoms with Crippen LogP contribution in [0.15, 0.2) is 24.4 Å². The summed E-state index contributed by atoms with van der Waals surface area (Å²) in [7, 11) is 2.76. The molecule has 0 radical (unpaired) electrons. The lowest BCUT2D eigenvalue weighted by Gasteiger charge is -2.20. The van der Waals surface area contributed by atoms with E-state index in [1.54, 1.807) is 12.1 Å². The number of carbonyl (C=O) groups is 2. The molecule has 2 aromatic rings. The molecule has 7 nitrogen and oxygen atoms in total. The van der Waals surface area contributed by atoms with E-state index in [4.69, 9.17) is 4.74 Å². The molecule has 24 heavy (non-hydrogen) atoms. The molecular weight excluding hydrogens is 310 g/mol. The Morgan fingerprint density at radius 1 is 1.21 bits per heavy atom. The summed E-state index contributed by atoms with van der Waals surface area (Å²) in [6.45, 7) is 6.17. The molecule has 2 rings (SSSR count). The van der Waals surface area contributed by atoms with E-state index in [2.05, 4.69) is 41.0 Å². The summed E-state index contributed by atoms with van der Waals surface area (Å²) in [4.78, 5) is 24.3. The zero-order chi connectivity index (χ0) is 17.9. The number of ether oxygens (including phenoxy) is 2. The fraction of sp³-hybridized carbons (Fsp3) is 0.353. The van der Waals surface area contributed by atoms with Crippen molar-refractivity contribution >= 4 is 17.6 Å². The minimum absolute atomic E-state index is 0.0804. The molecule has 0 fully saturated rings. The molecule has 0 aliphatic rings. The Morgan fingerprint density at radius 3 is 2.50 bits per heavy atom. The predicted molar refractivity (Wildman–Crippen MR) is 89.6 cm³/mol. The average molecular weight is 331 g/mol. The maximum Gasteiger partial charge on any atom is 0.358 e. The summed E-state index contributed by atoms with van der Waals surface area (Å²) in [6, 6.07) is 5.46. The third-order valence-electron chi connectivity index (χ3n) is 3.59. The normalized spacial score (nSPS) is 11.0. The lowest BCUT2D eigenvalue weighted by Crippen LogP contribution is -2.18. The van der Waals surface area contributed by atoms with E-state index in [1.807, 2.05) is 6.07 Å². The molecule has 0 saturated heterocycles. The van der Waals surface area contributed by atoms with Crippen molar-refractivity contribution in [3.8, 4) is 5.75 Å². The third-order valence-corrected chi connectivity index (χ3v) is 3.59. The Hall–Kier alpha value is -2.83. The fourth-order valence-corrected chi connectivity index (χ4v) is 2.18. The highest BCUT2D eigenvalue weighted by molar-refractivity contribution is 6.08. The molecular formula is C17H21N3O4. The second-order valence-electron chi connectivity index (χ2n) is 6.27. The molecule has 1 heterocycles. The minimum Gasteiger partial charge on any atom is -0.496 e. The number of nitrogens with zero attached hydrogens (tertiary/aromatic N) is 1. The van der Waals surface area contributed by atoms with E-state index in [1.165, 1.54) is 20.4 Å². The maximum atomic E-state index is 12.6. The monoisotopic (exact) mass is 331 g/mol. The molecule has 1 aromatic carbocycles. The number of esters is 1. The molecule has 0 unspecified atom stereocenters. The Labute approximate surface area is 140 Å². The largest absolute Gasteiger partial charge is 0.496 e. The lowest BCUT2D eigenvalue weighted by atomic mass is 9.86. The van der Waals surface area contributed by atoms with Gasteiger partial charge in [0.1, 0.15) is 5.75 Å². The number of hydrogen-bond donors (Lipinski definition) is 2. The van der Waals surface area contributed by atoms with Crippen molar-refractivity contribution in [2.24, 2.45) is 0 Å². The van der Waals surface area contributed by atoms with Gasteiger partial charge in [-0.25, -0.2) is 4.79 Å². The lowest BCUT2D eigenvalue weighted by molar-refractivity contribution is 0.0595. The number of aromatic amines is 1. The maximum absolute atomic E-state index is 12.6. The summed E-state index contributed by atoms with van der Waals surface area (Å²) in [5, 5.41) is 8.93. The van der Waals surface area contributed by atoms with E-state index in [9.17, 15) is 9.59 Å². The van der Waals surface area contributed by atoms with E-state index in [0.717, 1.165) is 5.56 Å². The summed E-state index contributed by atoms with van der Waals surface area (Å²) >= 11 is 0. The summed E-state index contributed by atoms with van der Waals surface area (Å²) in [5.74, 6) is -0.564. The predicted octanol–water partition coefficient (Wildman–Crippen LogP) is 2.75. The number of carbonyl (C=O) groups excluding carboxylic acids is 2. The molecule has 0 atom stereocenters. The van der Waals surface area contributed by atoms with Gasteiger partial charge < -0.3 is 14.8 Å². The number of methoxy groups -OCH3 is 2. The van der Waals surface area contributed by atoms with Gasteiger partial charge in [0.25, 0.3) is 5.91 Å². The molecule has 128 valence electrons. The van der Waals surface area contributed by atoms with Crippen molar-refractivity contribution in [2.45, 2.75) is 26.2 Å². The van der Waals surface area contributed by atoms with Crippen molar-refractivity contribution in [3.63, 3.8) is 0 Å². The number of rotatable bonds is 4. The van der Waals surface area contributed by atoms with Gasteiger partial charge in [-0.3, -0.25) is 9.89 Å². The first kappa shape index (κ1) is 17.5. The minimum atomic E-state index is -0.613. The first-order valence-corrected chi connectivity index (χ1v) is 7.39. The molecule has 0 saturated carbocycles. The zero-order valence-electron chi connectivity index (χ0n) is 14.4. The van der Waals surface area contributed by atoms with Gasteiger partial charge in [-0.05, 0) is 23.1 Å². The van der Waals surface area contributed by atoms with Crippen LogP contribution in [0, 0.1) is 0 Å². The smallest absolute Gasteiger partial charge is 0.358 e. The van der Waals surface area contributed by atoms with Gasteiger partial charge in [-0.15, -0.1) is 0 Å². The summed E-state index contributed by atoms with van der Waals surface area (Å²) < 4.78 is 9.92. The van der Waals surface area contributed by atoms with Crippen LogP contribution >= 0.6 is 0 Å². The number of nitrogens with one attached hydrogen (secondary N) is 2. The van der Waals surface area contributed by atoms with Crippen LogP contribution in [0.2, 0.25) is 0 Å². The molecule has 0 aliphatic carbocycles. The number of H-pyrrole nitrogens is 1. The van der Waals surface area contributed by atoms with Gasteiger partial charge in [0, 0.05) is 0 Å². The van der Waals surface area contributed by atoms with Gasteiger partial charge in [0.2, 0.25) is 0 Å².